The summed E-state index contributed by atoms with van der Waals surface area (Å²) in [6, 6.07) is 21.8. The summed E-state index contributed by atoms with van der Waals surface area (Å²) in [4.78, 5) is 6.91. The molecule has 2 aromatic carbocycles. The Balaban J connectivity index is 1.21. The molecule has 0 aliphatic carbocycles. The third-order valence-electron chi connectivity index (χ3n) is 6.09. The molecule has 1 fully saturated rings. The van der Waals surface area contributed by atoms with Crippen molar-refractivity contribution >= 4 is 5.65 Å². The van der Waals surface area contributed by atoms with Gasteiger partial charge in [0.2, 0.25) is 0 Å². The quantitative estimate of drug-likeness (QED) is 0.399. The highest BCUT2D eigenvalue weighted by Gasteiger charge is 2.15. The molecule has 2 aromatic heterocycles. The van der Waals surface area contributed by atoms with Crippen molar-refractivity contribution in [2.45, 2.75) is 12.5 Å². The van der Waals surface area contributed by atoms with Gasteiger partial charge in [0.25, 0.3) is 0 Å². The molecule has 1 N–H and O–H groups in total. The largest absolute Gasteiger partial charge is 0.497 e. The van der Waals surface area contributed by atoms with Gasteiger partial charge in [-0.05, 0) is 54.1 Å². The van der Waals surface area contributed by atoms with E-state index in [4.69, 9.17) is 24.3 Å². The molecule has 8 heteroatoms. The predicted octanol–water partition coefficient (Wildman–Crippen LogP) is 3.07. The number of fused-ring (bicyclic) bond motifs is 1. The second kappa shape index (κ2) is 10.9. The molecule has 0 radical (unpaired) electrons. The van der Waals surface area contributed by atoms with Crippen molar-refractivity contribution in [2.24, 2.45) is 0 Å². The summed E-state index contributed by atoms with van der Waals surface area (Å²) in [5.74, 6) is 2.30. The summed E-state index contributed by atoms with van der Waals surface area (Å²) in [5.41, 5.74) is 3.92. The lowest BCUT2D eigenvalue weighted by molar-refractivity contribution is 0.00465. The number of rotatable bonds is 9. The Labute approximate surface area is 204 Å². The van der Waals surface area contributed by atoms with Gasteiger partial charge in [-0.1, -0.05) is 18.2 Å². The van der Waals surface area contributed by atoms with Gasteiger partial charge in [0, 0.05) is 31.6 Å². The van der Waals surface area contributed by atoms with Crippen LogP contribution in [-0.4, -0.2) is 77.3 Å². The van der Waals surface area contributed by atoms with E-state index in [1.165, 1.54) is 0 Å². The van der Waals surface area contributed by atoms with Gasteiger partial charge in [-0.3, -0.25) is 4.90 Å². The summed E-state index contributed by atoms with van der Waals surface area (Å²) >= 11 is 0. The van der Waals surface area contributed by atoms with E-state index in [0.717, 1.165) is 66.1 Å². The fourth-order valence-electron chi connectivity index (χ4n) is 4.22. The molecule has 1 saturated heterocycles. The first-order chi connectivity index (χ1) is 17.2. The Bertz CT molecular complexity index is 1230. The van der Waals surface area contributed by atoms with E-state index in [1.54, 1.807) is 7.11 Å². The van der Waals surface area contributed by atoms with Crippen molar-refractivity contribution < 1.29 is 19.3 Å². The van der Waals surface area contributed by atoms with Crippen LogP contribution in [0.4, 0.5) is 0 Å². The fourth-order valence-corrected chi connectivity index (χ4v) is 4.22. The van der Waals surface area contributed by atoms with Gasteiger partial charge in [0.1, 0.15) is 24.2 Å². The first-order valence-corrected chi connectivity index (χ1v) is 11.9. The third-order valence-corrected chi connectivity index (χ3v) is 6.09. The number of pyridine rings is 1. The Morgan fingerprint density at radius 2 is 1.71 bits per heavy atom. The molecule has 35 heavy (non-hydrogen) atoms. The standard InChI is InChI=1S/C27H30N4O4/c1-33-23-11-7-21(8-12-23)25-3-2-4-27-28-26(29-31(25)27)17-20-5-9-24(10-6-20)35-19-22(32)18-30-13-15-34-16-14-30/h2-12,22,32H,13-19H2,1H3. The number of morpholine rings is 1. The lowest BCUT2D eigenvalue weighted by Gasteiger charge is -2.28. The minimum atomic E-state index is -0.533. The van der Waals surface area contributed by atoms with E-state index in [-0.39, 0.29) is 6.61 Å². The lowest BCUT2D eigenvalue weighted by atomic mass is 10.1. The molecule has 182 valence electrons. The zero-order chi connectivity index (χ0) is 24.0. The van der Waals surface area contributed by atoms with Gasteiger partial charge in [0.15, 0.2) is 11.5 Å². The topological polar surface area (TPSA) is 81.3 Å². The van der Waals surface area contributed by atoms with Gasteiger partial charge >= 0.3 is 0 Å². The van der Waals surface area contributed by atoms with Gasteiger partial charge in [-0.25, -0.2) is 9.50 Å². The van der Waals surface area contributed by atoms with Crippen LogP contribution in [0.2, 0.25) is 0 Å². The van der Waals surface area contributed by atoms with Crippen LogP contribution in [0, 0.1) is 0 Å². The molecule has 3 heterocycles. The van der Waals surface area contributed by atoms with Crippen LogP contribution in [-0.2, 0) is 11.2 Å². The number of nitrogens with zero attached hydrogens (tertiary/aromatic N) is 4. The van der Waals surface area contributed by atoms with E-state index in [0.29, 0.717) is 13.0 Å². The monoisotopic (exact) mass is 474 g/mol. The predicted molar refractivity (Wildman–Crippen MR) is 133 cm³/mol. The molecule has 8 nitrogen and oxygen atoms in total. The highest BCUT2D eigenvalue weighted by molar-refractivity contribution is 5.63. The van der Waals surface area contributed by atoms with Crippen molar-refractivity contribution in [3.63, 3.8) is 0 Å². The van der Waals surface area contributed by atoms with Crippen molar-refractivity contribution in [3.8, 4) is 22.8 Å². The number of ether oxygens (including phenoxy) is 3. The van der Waals surface area contributed by atoms with E-state index < -0.39 is 6.10 Å². The molecule has 0 spiro atoms. The Morgan fingerprint density at radius 1 is 0.971 bits per heavy atom. The van der Waals surface area contributed by atoms with Crippen molar-refractivity contribution in [1.29, 1.82) is 0 Å². The molecule has 1 aliphatic rings. The molecule has 0 amide bonds. The number of aliphatic hydroxyl groups excluding tert-OH is 1. The minimum absolute atomic E-state index is 0.263. The van der Waals surface area contributed by atoms with Crippen LogP contribution in [0.1, 0.15) is 11.4 Å². The number of aromatic nitrogens is 3. The van der Waals surface area contributed by atoms with Crippen LogP contribution < -0.4 is 9.47 Å². The first kappa shape index (κ1) is 23.3. The molecular weight excluding hydrogens is 444 g/mol. The summed E-state index contributed by atoms with van der Waals surface area (Å²) in [7, 11) is 1.66. The number of benzene rings is 2. The van der Waals surface area contributed by atoms with Crippen LogP contribution in [0.3, 0.4) is 0 Å². The van der Waals surface area contributed by atoms with Crippen molar-refractivity contribution in [2.75, 3.05) is 46.6 Å². The molecule has 0 saturated carbocycles. The Kier molecular flexibility index (Phi) is 7.23. The smallest absolute Gasteiger partial charge is 0.156 e. The van der Waals surface area contributed by atoms with Crippen LogP contribution >= 0.6 is 0 Å². The zero-order valence-corrected chi connectivity index (χ0v) is 19.8. The molecule has 1 aliphatic heterocycles. The van der Waals surface area contributed by atoms with E-state index in [1.807, 2.05) is 71.2 Å². The van der Waals surface area contributed by atoms with E-state index >= 15 is 0 Å². The fraction of sp³-hybridized carbons (Fsp3) is 0.333. The second-order valence-electron chi connectivity index (χ2n) is 8.64. The SMILES string of the molecule is COc1ccc(-c2cccc3nc(Cc4ccc(OCC(O)CN5CCOCC5)cc4)nn23)cc1. The normalized spacial score (nSPS) is 15.3. The van der Waals surface area contributed by atoms with Crippen LogP contribution in [0.5, 0.6) is 11.5 Å². The molecule has 1 atom stereocenters. The summed E-state index contributed by atoms with van der Waals surface area (Å²) in [6.45, 7) is 4.01. The number of hydrogen-bond donors (Lipinski definition) is 1. The number of β-amino-alcohol motifs (C(OH)–C–C–N with tert-alkyl or cyclic N) is 1. The molecular formula is C27H30N4O4. The van der Waals surface area contributed by atoms with Crippen LogP contribution in [0.25, 0.3) is 16.9 Å². The van der Waals surface area contributed by atoms with Gasteiger partial charge in [0.05, 0.1) is 26.0 Å². The molecule has 0 bridgehead atoms. The average molecular weight is 475 g/mol. The van der Waals surface area contributed by atoms with E-state index in [9.17, 15) is 5.11 Å². The highest BCUT2D eigenvalue weighted by atomic mass is 16.5. The average Bonchev–Trinajstić information content (AvgIpc) is 3.31. The lowest BCUT2D eigenvalue weighted by Crippen LogP contribution is -2.42. The number of hydrogen-bond acceptors (Lipinski definition) is 7. The second-order valence-corrected chi connectivity index (χ2v) is 8.64. The maximum atomic E-state index is 10.3. The molecule has 1 unspecified atom stereocenters. The number of aliphatic hydroxyl groups is 1. The molecule has 5 rings (SSSR count). The number of methoxy groups -OCH3 is 1. The third kappa shape index (κ3) is 5.79. The molecule has 4 aromatic rings. The van der Waals surface area contributed by atoms with Crippen molar-refractivity contribution in [1.82, 2.24) is 19.5 Å². The Morgan fingerprint density at radius 3 is 2.46 bits per heavy atom. The Hall–Kier alpha value is -3.46. The van der Waals surface area contributed by atoms with Gasteiger partial charge in [-0.2, -0.15) is 5.10 Å². The van der Waals surface area contributed by atoms with Gasteiger partial charge in [-0.15, -0.1) is 0 Å². The summed E-state index contributed by atoms with van der Waals surface area (Å²) < 4.78 is 18.3. The summed E-state index contributed by atoms with van der Waals surface area (Å²) in [5, 5.41) is 15.0. The zero-order valence-electron chi connectivity index (χ0n) is 19.8. The maximum Gasteiger partial charge on any atom is 0.156 e. The highest BCUT2D eigenvalue weighted by Crippen LogP contribution is 2.23. The van der Waals surface area contributed by atoms with Crippen molar-refractivity contribution in [3.05, 3.63) is 78.1 Å². The van der Waals surface area contributed by atoms with Gasteiger partial charge < -0.3 is 19.3 Å². The summed E-state index contributed by atoms with van der Waals surface area (Å²) in [6.07, 6.45) is 0.0822. The van der Waals surface area contributed by atoms with E-state index in [2.05, 4.69) is 4.90 Å². The minimum Gasteiger partial charge on any atom is -0.497 e. The van der Waals surface area contributed by atoms with Crippen LogP contribution in [0.15, 0.2) is 66.7 Å². The first-order valence-electron chi connectivity index (χ1n) is 11.9. The maximum absolute atomic E-state index is 10.3.